The van der Waals surface area contributed by atoms with Gasteiger partial charge in [-0.3, -0.25) is 0 Å². The van der Waals surface area contributed by atoms with Gasteiger partial charge in [-0.2, -0.15) is 18.3 Å². The molecule has 0 aliphatic carbocycles. The van der Waals surface area contributed by atoms with Gasteiger partial charge in [-0.05, 0) is 25.1 Å². The minimum atomic E-state index is -4.45. The Morgan fingerprint density at radius 2 is 1.89 bits per heavy atom. The summed E-state index contributed by atoms with van der Waals surface area (Å²) in [5.41, 5.74) is -0.0364. The van der Waals surface area contributed by atoms with E-state index in [1.165, 1.54) is 11.8 Å². The molecular weight excluding hydrogens is 245 g/mol. The van der Waals surface area contributed by atoms with Crippen LogP contribution < -0.4 is 4.74 Å². The van der Waals surface area contributed by atoms with E-state index in [1.807, 2.05) is 0 Å². The summed E-state index contributed by atoms with van der Waals surface area (Å²) in [7, 11) is 1.46. The largest absolute Gasteiger partial charge is 0.494 e. The quantitative estimate of drug-likeness (QED) is 0.825. The number of halogens is 3. The van der Waals surface area contributed by atoms with Crippen molar-refractivity contribution in [3.63, 3.8) is 0 Å². The van der Waals surface area contributed by atoms with E-state index >= 15 is 0 Å². The van der Waals surface area contributed by atoms with Gasteiger partial charge >= 0.3 is 6.18 Å². The normalized spacial score (nSPS) is 11.6. The lowest BCUT2D eigenvalue weighted by Gasteiger charge is -2.09. The summed E-state index contributed by atoms with van der Waals surface area (Å²) in [5, 5.41) is 3.57. The van der Waals surface area contributed by atoms with Gasteiger partial charge in [-0.15, -0.1) is 0 Å². The number of benzene rings is 1. The molecule has 0 fully saturated rings. The van der Waals surface area contributed by atoms with Crippen molar-refractivity contribution in [3.05, 3.63) is 41.7 Å². The SMILES string of the molecule is COc1ccccc1-n1nc(C(F)(F)F)cc1C. The van der Waals surface area contributed by atoms with E-state index in [9.17, 15) is 13.2 Å². The van der Waals surface area contributed by atoms with Crippen LogP contribution in [-0.4, -0.2) is 16.9 Å². The van der Waals surface area contributed by atoms with E-state index in [4.69, 9.17) is 4.74 Å². The predicted octanol–water partition coefficient (Wildman–Crippen LogP) is 3.21. The smallest absolute Gasteiger partial charge is 0.435 e. The Balaban J connectivity index is 2.55. The van der Waals surface area contributed by atoms with Crippen molar-refractivity contribution in [2.75, 3.05) is 7.11 Å². The van der Waals surface area contributed by atoms with E-state index in [-0.39, 0.29) is 0 Å². The van der Waals surface area contributed by atoms with Gasteiger partial charge in [0, 0.05) is 5.69 Å². The van der Waals surface area contributed by atoms with Crippen molar-refractivity contribution < 1.29 is 17.9 Å². The summed E-state index contributed by atoms with van der Waals surface area (Å²) in [6.07, 6.45) is -4.45. The predicted molar refractivity (Wildman–Crippen MR) is 59.9 cm³/mol. The number of aromatic nitrogens is 2. The van der Waals surface area contributed by atoms with Gasteiger partial charge < -0.3 is 4.74 Å². The fourth-order valence-electron chi connectivity index (χ4n) is 1.66. The lowest BCUT2D eigenvalue weighted by Crippen LogP contribution is -2.08. The van der Waals surface area contributed by atoms with Crippen LogP contribution in [0.4, 0.5) is 13.2 Å². The Hall–Kier alpha value is -1.98. The first-order chi connectivity index (χ1) is 8.43. The highest BCUT2D eigenvalue weighted by atomic mass is 19.4. The third-order valence-electron chi connectivity index (χ3n) is 2.49. The zero-order valence-corrected chi connectivity index (χ0v) is 9.82. The summed E-state index contributed by atoms with van der Waals surface area (Å²) in [4.78, 5) is 0. The molecule has 2 rings (SSSR count). The number of para-hydroxylation sites is 2. The van der Waals surface area contributed by atoms with Crippen LogP contribution in [0.25, 0.3) is 5.69 Å². The van der Waals surface area contributed by atoms with Crippen molar-refractivity contribution in [2.24, 2.45) is 0 Å². The van der Waals surface area contributed by atoms with Crippen molar-refractivity contribution >= 4 is 0 Å². The number of ether oxygens (including phenoxy) is 1. The zero-order valence-electron chi connectivity index (χ0n) is 9.82. The Bertz CT molecular complexity index is 561. The summed E-state index contributed by atoms with van der Waals surface area (Å²) in [6, 6.07) is 7.78. The zero-order chi connectivity index (χ0) is 13.3. The molecule has 0 atom stereocenters. The molecule has 1 heterocycles. The second-order valence-electron chi connectivity index (χ2n) is 3.75. The highest BCUT2D eigenvalue weighted by Gasteiger charge is 2.34. The molecule has 3 nitrogen and oxygen atoms in total. The molecule has 0 aliphatic rings. The van der Waals surface area contributed by atoms with Gasteiger partial charge in [0.1, 0.15) is 11.4 Å². The Morgan fingerprint density at radius 3 is 2.44 bits per heavy atom. The standard InChI is InChI=1S/C12H11F3N2O/c1-8-7-11(12(13,14)15)16-17(8)9-5-3-4-6-10(9)18-2/h3-7H,1-2H3. The molecule has 2 aromatic rings. The lowest BCUT2D eigenvalue weighted by molar-refractivity contribution is -0.141. The van der Waals surface area contributed by atoms with E-state index < -0.39 is 11.9 Å². The number of nitrogens with zero attached hydrogens (tertiary/aromatic N) is 2. The monoisotopic (exact) mass is 256 g/mol. The van der Waals surface area contributed by atoms with Gasteiger partial charge in [0.2, 0.25) is 0 Å². The maximum Gasteiger partial charge on any atom is 0.435 e. The lowest BCUT2D eigenvalue weighted by atomic mass is 10.3. The molecule has 0 amide bonds. The number of methoxy groups -OCH3 is 1. The Kier molecular flexibility index (Phi) is 3.02. The van der Waals surface area contributed by atoms with Crippen molar-refractivity contribution in [1.29, 1.82) is 0 Å². The third kappa shape index (κ3) is 2.18. The van der Waals surface area contributed by atoms with Crippen LogP contribution in [0, 0.1) is 6.92 Å². The summed E-state index contributed by atoms with van der Waals surface area (Å²) in [6.45, 7) is 1.56. The first-order valence-electron chi connectivity index (χ1n) is 5.20. The van der Waals surface area contributed by atoms with Crippen LogP contribution in [0.1, 0.15) is 11.4 Å². The number of alkyl halides is 3. The van der Waals surface area contributed by atoms with E-state index in [0.717, 1.165) is 6.07 Å². The number of hydrogen-bond donors (Lipinski definition) is 0. The summed E-state index contributed by atoms with van der Waals surface area (Å²) >= 11 is 0. The molecule has 6 heteroatoms. The van der Waals surface area contributed by atoms with Gasteiger partial charge in [-0.25, -0.2) is 4.68 Å². The number of aryl methyl sites for hydroxylation is 1. The average molecular weight is 256 g/mol. The maximum absolute atomic E-state index is 12.6. The van der Waals surface area contributed by atoms with Crippen molar-refractivity contribution in [1.82, 2.24) is 9.78 Å². The van der Waals surface area contributed by atoms with Crippen LogP contribution in [0.2, 0.25) is 0 Å². The van der Waals surface area contributed by atoms with Crippen LogP contribution in [0.5, 0.6) is 5.75 Å². The molecule has 0 bridgehead atoms. The minimum Gasteiger partial charge on any atom is -0.494 e. The van der Waals surface area contributed by atoms with Gasteiger partial charge in [0.05, 0.1) is 7.11 Å². The van der Waals surface area contributed by atoms with Crippen LogP contribution >= 0.6 is 0 Å². The Labute approximate surface area is 102 Å². The van der Waals surface area contributed by atoms with Crippen LogP contribution in [0.15, 0.2) is 30.3 Å². The van der Waals surface area contributed by atoms with Crippen LogP contribution in [0.3, 0.4) is 0 Å². The minimum absolute atomic E-state index is 0.395. The fourth-order valence-corrected chi connectivity index (χ4v) is 1.66. The summed E-state index contributed by atoms with van der Waals surface area (Å²) in [5.74, 6) is 0.470. The average Bonchev–Trinajstić information content (AvgIpc) is 2.71. The molecule has 1 aromatic carbocycles. The molecule has 0 spiro atoms. The first kappa shape index (κ1) is 12.5. The number of rotatable bonds is 2. The van der Waals surface area contributed by atoms with Gasteiger partial charge in [0.25, 0.3) is 0 Å². The second kappa shape index (κ2) is 4.36. The summed E-state index contributed by atoms with van der Waals surface area (Å²) < 4.78 is 44.0. The molecule has 0 aliphatic heterocycles. The molecule has 0 saturated carbocycles. The molecule has 0 unspecified atom stereocenters. The second-order valence-corrected chi connectivity index (χ2v) is 3.75. The van der Waals surface area contributed by atoms with Gasteiger partial charge in [-0.1, -0.05) is 12.1 Å². The molecule has 1 aromatic heterocycles. The molecular formula is C12H11F3N2O. The highest BCUT2D eigenvalue weighted by molar-refractivity contribution is 5.47. The van der Waals surface area contributed by atoms with Crippen molar-refractivity contribution in [3.8, 4) is 11.4 Å². The van der Waals surface area contributed by atoms with E-state index in [1.54, 1.807) is 31.2 Å². The van der Waals surface area contributed by atoms with E-state index in [2.05, 4.69) is 5.10 Å². The van der Waals surface area contributed by atoms with Crippen LogP contribution in [-0.2, 0) is 6.18 Å². The maximum atomic E-state index is 12.6. The Morgan fingerprint density at radius 1 is 1.22 bits per heavy atom. The molecule has 18 heavy (non-hydrogen) atoms. The topological polar surface area (TPSA) is 27.1 Å². The number of hydrogen-bond acceptors (Lipinski definition) is 2. The molecule has 0 N–H and O–H groups in total. The van der Waals surface area contributed by atoms with Gasteiger partial charge in [0.15, 0.2) is 5.69 Å². The molecule has 0 radical (unpaired) electrons. The highest BCUT2D eigenvalue weighted by Crippen LogP contribution is 2.30. The van der Waals surface area contributed by atoms with E-state index in [0.29, 0.717) is 17.1 Å². The fraction of sp³-hybridized carbons (Fsp3) is 0.250. The first-order valence-corrected chi connectivity index (χ1v) is 5.20. The molecule has 96 valence electrons. The third-order valence-corrected chi connectivity index (χ3v) is 2.49. The van der Waals surface area contributed by atoms with Crippen molar-refractivity contribution in [2.45, 2.75) is 13.1 Å². The molecule has 0 saturated heterocycles.